The number of rotatable bonds is 3. The summed E-state index contributed by atoms with van der Waals surface area (Å²) in [5, 5.41) is 11.0. The molecule has 1 fully saturated rings. The molecule has 9 heteroatoms. The first-order valence-electron chi connectivity index (χ1n) is 5.88. The first kappa shape index (κ1) is 15.1. The Morgan fingerprint density at radius 3 is 2.33 bits per heavy atom. The number of carboxylic acids is 1. The largest absolute Gasteiger partial charge is 0.478 e. The number of hydrogen-bond donors (Lipinski definition) is 2. The molecule has 112 valence electrons. The summed E-state index contributed by atoms with van der Waals surface area (Å²) in [6.45, 7) is 0.576. The molecule has 1 aliphatic heterocycles. The number of carboxylic acid groups (broad SMARTS) is 1. The number of piperazine rings is 1. The van der Waals surface area contributed by atoms with Crippen molar-refractivity contribution >= 4 is 27.8 Å². The van der Waals surface area contributed by atoms with Crippen molar-refractivity contribution in [3.05, 3.63) is 29.3 Å². The molecule has 1 heterocycles. The SMILES string of the molecule is Cc1ccc(S(=O)(=O)N2CC(=O)NC(=O)C2)cc1C(=O)O. The Hall–Kier alpha value is -2.26. The smallest absolute Gasteiger partial charge is 0.335 e. The van der Waals surface area contributed by atoms with Crippen LogP contribution in [-0.4, -0.2) is 48.7 Å². The summed E-state index contributed by atoms with van der Waals surface area (Å²) in [7, 11) is -4.11. The number of aromatic carboxylic acids is 1. The van der Waals surface area contributed by atoms with Crippen LogP contribution in [0.3, 0.4) is 0 Å². The third-order valence-corrected chi connectivity index (χ3v) is 4.78. The zero-order valence-electron chi connectivity index (χ0n) is 11.0. The van der Waals surface area contributed by atoms with Gasteiger partial charge in [-0.05, 0) is 24.6 Å². The zero-order chi connectivity index (χ0) is 15.8. The molecule has 21 heavy (non-hydrogen) atoms. The van der Waals surface area contributed by atoms with Crippen LogP contribution in [0.25, 0.3) is 0 Å². The summed E-state index contributed by atoms with van der Waals surface area (Å²) in [6, 6.07) is 3.63. The van der Waals surface area contributed by atoms with Crippen molar-refractivity contribution in [2.45, 2.75) is 11.8 Å². The molecule has 0 radical (unpaired) electrons. The lowest BCUT2D eigenvalue weighted by Crippen LogP contribution is -2.53. The molecule has 0 unspecified atom stereocenters. The lowest BCUT2D eigenvalue weighted by molar-refractivity contribution is -0.134. The minimum Gasteiger partial charge on any atom is -0.478 e. The molecule has 0 aliphatic carbocycles. The molecule has 0 bridgehead atoms. The van der Waals surface area contributed by atoms with E-state index in [1.165, 1.54) is 19.1 Å². The molecule has 1 aromatic carbocycles. The Balaban J connectivity index is 2.44. The van der Waals surface area contributed by atoms with Gasteiger partial charge in [-0.1, -0.05) is 6.07 Å². The van der Waals surface area contributed by atoms with E-state index in [2.05, 4.69) is 0 Å². The van der Waals surface area contributed by atoms with Gasteiger partial charge in [0.1, 0.15) is 0 Å². The Kier molecular flexibility index (Phi) is 3.79. The van der Waals surface area contributed by atoms with Crippen molar-refractivity contribution in [3.8, 4) is 0 Å². The average molecular weight is 312 g/mol. The van der Waals surface area contributed by atoms with Gasteiger partial charge in [0.15, 0.2) is 0 Å². The summed E-state index contributed by atoms with van der Waals surface area (Å²) in [5.41, 5.74) is 0.262. The van der Waals surface area contributed by atoms with Crippen molar-refractivity contribution in [3.63, 3.8) is 0 Å². The molecule has 2 N–H and O–H groups in total. The van der Waals surface area contributed by atoms with Crippen molar-refractivity contribution < 1.29 is 27.9 Å². The quantitative estimate of drug-likeness (QED) is 0.715. The standard InChI is InChI=1S/C12H12N2O6S/c1-7-2-3-8(4-9(7)12(17)18)21(19,20)14-5-10(15)13-11(16)6-14/h2-4H,5-6H2,1H3,(H,17,18)(H,13,15,16). The number of aryl methyl sites for hydroxylation is 1. The molecule has 0 aromatic heterocycles. The van der Waals surface area contributed by atoms with Crippen LogP contribution in [0, 0.1) is 6.92 Å². The number of hydrogen-bond acceptors (Lipinski definition) is 5. The Morgan fingerprint density at radius 1 is 1.24 bits per heavy atom. The van der Waals surface area contributed by atoms with Gasteiger partial charge >= 0.3 is 5.97 Å². The second kappa shape index (κ2) is 5.26. The molecule has 1 aliphatic rings. The minimum atomic E-state index is -4.11. The van der Waals surface area contributed by atoms with Gasteiger partial charge in [0.2, 0.25) is 21.8 Å². The summed E-state index contributed by atoms with van der Waals surface area (Å²) in [5.74, 6) is -2.70. The molecule has 0 atom stereocenters. The number of benzene rings is 1. The molecule has 1 aromatic rings. The van der Waals surface area contributed by atoms with Crippen molar-refractivity contribution in [2.24, 2.45) is 0 Å². The minimum absolute atomic E-state index is 0.149. The molecular formula is C12H12N2O6S. The van der Waals surface area contributed by atoms with Gasteiger partial charge in [-0.15, -0.1) is 0 Å². The van der Waals surface area contributed by atoms with Crippen LogP contribution in [0.4, 0.5) is 0 Å². The predicted octanol–water partition coefficient (Wildman–Crippen LogP) is -0.660. The van der Waals surface area contributed by atoms with Gasteiger partial charge in [-0.2, -0.15) is 4.31 Å². The molecule has 1 saturated heterocycles. The maximum atomic E-state index is 12.4. The van der Waals surface area contributed by atoms with E-state index in [-0.39, 0.29) is 10.5 Å². The summed E-state index contributed by atoms with van der Waals surface area (Å²) in [4.78, 5) is 33.3. The van der Waals surface area contributed by atoms with E-state index in [9.17, 15) is 22.8 Å². The maximum Gasteiger partial charge on any atom is 0.335 e. The third kappa shape index (κ3) is 2.93. The van der Waals surface area contributed by atoms with Gasteiger partial charge < -0.3 is 5.11 Å². The average Bonchev–Trinajstić information content (AvgIpc) is 2.37. The van der Waals surface area contributed by atoms with Crippen LogP contribution in [0.15, 0.2) is 23.1 Å². The molecular weight excluding hydrogens is 300 g/mol. The lowest BCUT2D eigenvalue weighted by atomic mass is 10.1. The second-order valence-corrected chi connectivity index (χ2v) is 6.46. The van der Waals surface area contributed by atoms with Gasteiger partial charge in [-0.3, -0.25) is 14.9 Å². The van der Waals surface area contributed by atoms with Crippen molar-refractivity contribution in [2.75, 3.05) is 13.1 Å². The fourth-order valence-corrected chi connectivity index (χ4v) is 3.30. The summed E-state index contributed by atoms with van der Waals surface area (Å²) < 4.78 is 25.4. The lowest BCUT2D eigenvalue weighted by Gasteiger charge is -2.24. The monoisotopic (exact) mass is 312 g/mol. The van der Waals surface area contributed by atoms with E-state index >= 15 is 0 Å². The van der Waals surface area contributed by atoms with Crippen molar-refractivity contribution in [1.82, 2.24) is 9.62 Å². The number of sulfonamides is 1. The Labute approximate surface area is 120 Å². The predicted molar refractivity (Wildman–Crippen MR) is 70.0 cm³/mol. The first-order chi connectivity index (χ1) is 9.71. The number of amides is 2. The van der Waals surface area contributed by atoms with Gasteiger partial charge in [0.05, 0.1) is 23.5 Å². The van der Waals surface area contributed by atoms with Crippen molar-refractivity contribution in [1.29, 1.82) is 0 Å². The fourth-order valence-electron chi connectivity index (χ4n) is 1.92. The topological polar surface area (TPSA) is 121 Å². The maximum absolute atomic E-state index is 12.4. The number of nitrogens with one attached hydrogen (secondary N) is 1. The number of nitrogens with zero attached hydrogens (tertiary/aromatic N) is 1. The molecule has 0 saturated carbocycles. The molecule has 2 amide bonds. The van der Waals surface area contributed by atoms with Crippen LogP contribution in [0.2, 0.25) is 0 Å². The van der Waals surface area contributed by atoms with Crippen LogP contribution in [0.1, 0.15) is 15.9 Å². The highest BCUT2D eigenvalue weighted by atomic mass is 32.2. The van der Waals surface area contributed by atoms with E-state index < -0.39 is 40.9 Å². The zero-order valence-corrected chi connectivity index (χ0v) is 11.8. The van der Waals surface area contributed by atoms with Crippen LogP contribution in [0.5, 0.6) is 0 Å². The third-order valence-electron chi connectivity index (χ3n) is 3.00. The normalized spacial score (nSPS) is 16.6. The number of carbonyl (C=O) groups excluding carboxylic acids is 2. The summed E-state index contributed by atoms with van der Waals surface area (Å²) >= 11 is 0. The van der Waals surface area contributed by atoms with E-state index in [0.717, 1.165) is 6.07 Å². The molecule has 0 spiro atoms. The van der Waals surface area contributed by atoms with Crippen LogP contribution in [-0.2, 0) is 19.6 Å². The number of imide groups is 1. The van der Waals surface area contributed by atoms with E-state index in [4.69, 9.17) is 5.11 Å². The molecule has 8 nitrogen and oxygen atoms in total. The second-order valence-electron chi connectivity index (χ2n) is 4.53. The summed E-state index contributed by atoms with van der Waals surface area (Å²) in [6.07, 6.45) is 0. The van der Waals surface area contributed by atoms with Crippen LogP contribution < -0.4 is 5.32 Å². The highest BCUT2D eigenvalue weighted by molar-refractivity contribution is 7.89. The fraction of sp³-hybridized carbons (Fsp3) is 0.250. The van der Waals surface area contributed by atoms with Gasteiger partial charge in [-0.25, -0.2) is 13.2 Å². The molecule has 2 rings (SSSR count). The Morgan fingerprint density at radius 2 is 1.81 bits per heavy atom. The highest BCUT2D eigenvalue weighted by Gasteiger charge is 2.33. The van der Waals surface area contributed by atoms with Gasteiger partial charge in [0.25, 0.3) is 0 Å². The Bertz CT molecular complexity index is 724. The van der Waals surface area contributed by atoms with E-state index in [1.807, 2.05) is 5.32 Å². The van der Waals surface area contributed by atoms with Crippen LogP contribution >= 0.6 is 0 Å². The van der Waals surface area contributed by atoms with E-state index in [0.29, 0.717) is 9.87 Å². The highest BCUT2D eigenvalue weighted by Crippen LogP contribution is 2.20. The number of carbonyl (C=O) groups is 3. The first-order valence-corrected chi connectivity index (χ1v) is 7.32. The van der Waals surface area contributed by atoms with E-state index in [1.54, 1.807) is 0 Å². The van der Waals surface area contributed by atoms with Gasteiger partial charge in [0, 0.05) is 0 Å².